The number of halogens is 3. The molecular weight excluding hydrogens is 401 g/mol. The summed E-state index contributed by atoms with van der Waals surface area (Å²) >= 11 is 0. The molecular formula is C21H21F3N2O4. The van der Waals surface area contributed by atoms with E-state index >= 15 is 0 Å². The van der Waals surface area contributed by atoms with Crippen LogP contribution in [0.1, 0.15) is 44.2 Å². The van der Waals surface area contributed by atoms with E-state index < -0.39 is 52.2 Å². The van der Waals surface area contributed by atoms with Gasteiger partial charge in [-0.2, -0.15) is 18.4 Å². The van der Waals surface area contributed by atoms with E-state index in [9.17, 15) is 38.2 Å². The summed E-state index contributed by atoms with van der Waals surface area (Å²) in [6, 6.07) is 6.44. The molecule has 1 heterocycles. The van der Waals surface area contributed by atoms with Crippen LogP contribution in [0.5, 0.6) is 0 Å². The molecule has 1 aromatic rings. The van der Waals surface area contributed by atoms with Gasteiger partial charge in [0.15, 0.2) is 0 Å². The number of alkyl halides is 3. The molecule has 0 saturated carbocycles. The van der Waals surface area contributed by atoms with Crippen molar-refractivity contribution < 1.29 is 33.0 Å². The monoisotopic (exact) mass is 422 g/mol. The van der Waals surface area contributed by atoms with Crippen molar-refractivity contribution in [3.8, 4) is 6.07 Å². The highest BCUT2D eigenvalue weighted by molar-refractivity contribution is 5.98. The smallest absolute Gasteiger partial charge is 0.416 e. The fraction of sp³-hybridized carbons (Fsp3) is 0.381. The minimum atomic E-state index is -4.79. The van der Waals surface area contributed by atoms with Gasteiger partial charge in [-0.3, -0.25) is 0 Å². The first-order chi connectivity index (χ1) is 13.9. The number of allylic oxidation sites excluding steroid dienone is 2. The Morgan fingerprint density at radius 1 is 1.13 bits per heavy atom. The number of nitriles is 1. The van der Waals surface area contributed by atoms with Crippen LogP contribution in [0.3, 0.4) is 0 Å². The van der Waals surface area contributed by atoms with Crippen molar-refractivity contribution in [2.24, 2.45) is 5.92 Å². The largest absolute Gasteiger partial charge is 0.478 e. The summed E-state index contributed by atoms with van der Waals surface area (Å²) in [6.07, 6.45) is -4.35. The molecule has 1 aliphatic rings. The quantitative estimate of drug-likeness (QED) is 0.706. The Hall–Kier alpha value is -3.28. The predicted octanol–water partition coefficient (Wildman–Crippen LogP) is 4.37. The average molecular weight is 422 g/mol. The van der Waals surface area contributed by atoms with Crippen molar-refractivity contribution in [3.05, 3.63) is 57.9 Å². The van der Waals surface area contributed by atoms with Crippen LogP contribution in [-0.2, 0) is 15.8 Å². The third-order valence-corrected chi connectivity index (χ3v) is 5.28. The molecule has 30 heavy (non-hydrogen) atoms. The topological polar surface area (TPSA) is 102 Å². The summed E-state index contributed by atoms with van der Waals surface area (Å²) in [5.74, 6) is -5.17. The van der Waals surface area contributed by atoms with Crippen molar-refractivity contribution in [1.82, 2.24) is 4.90 Å². The fourth-order valence-electron chi connectivity index (χ4n) is 3.73. The van der Waals surface area contributed by atoms with Crippen molar-refractivity contribution in [2.45, 2.75) is 39.3 Å². The van der Waals surface area contributed by atoms with Gasteiger partial charge in [-0.15, -0.1) is 0 Å². The molecule has 0 aliphatic carbocycles. The Kier molecular flexibility index (Phi) is 6.60. The van der Waals surface area contributed by atoms with E-state index in [2.05, 4.69) is 6.07 Å². The van der Waals surface area contributed by atoms with Crippen LogP contribution < -0.4 is 0 Å². The summed E-state index contributed by atoms with van der Waals surface area (Å²) < 4.78 is 40.9. The van der Waals surface area contributed by atoms with Gasteiger partial charge in [-0.25, -0.2) is 9.59 Å². The summed E-state index contributed by atoms with van der Waals surface area (Å²) in [7, 11) is 0. The lowest BCUT2D eigenvalue weighted by molar-refractivity contribution is -0.139. The van der Waals surface area contributed by atoms with Crippen LogP contribution in [-0.4, -0.2) is 33.6 Å². The lowest BCUT2D eigenvalue weighted by Gasteiger charge is -2.38. The third kappa shape index (κ3) is 4.17. The predicted molar refractivity (Wildman–Crippen MR) is 101 cm³/mol. The van der Waals surface area contributed by atoms with Crippen LogP contribution in [0.15, 0.2) is 46.8 Å². The Morgan fingerprint density at radius 2 is 1.63 bits per heavy atom. The van der Waals surface area contributed by atoms with Crippen LogP contribution in [0, 0.1) is 17.2 Å². The van der Waals surface area contributed by atoms with Gasteiger partial charge in [-0.05, 0) is 31.9 Å². The highest BCUT2D eigenvalue weighted by Gasteiger charge is 2.44. The second-order valence-electron chi connectivity index (χ2n) is 6.97. The van der Waals surface area contributed by atoms with Gasteiger partial charge in [0, 0.05) is 17.9 Å². The van der Waals surface area contributed by atoms with Crippen molar-refractivity contribution in [1.29, 1.82) is 5.26 Å². The van der Waals surface area contributed by atoms with E-state index in [1.54, 1.807) is 6.92 Å². The minimum absolute atomic E-state index is 0.0336. The maximum absolute atomic E-state index is 13.6. The van der Waals surface area contributed by atoms with Crippen LogP contribution >= 0.6 is 0 Å². The summed E-state index contributed by atoms with van der Waals surface area (Å²) in [6.45, 7) is 4.62. The highest BCUT2D eigenvalue weighted by atomic mass is 19.4. The van der Waals surface area contributed by atoms with E-state index in [4.69, 9.17) is 0 Å². The van der Waals surface area contributed by atoms with E-state index in [0.29, 0.717) is 6.42 Å². The lowest BCUT2D eigenvalue weighted by atomic mass is 9.77. The molecule has 0 radical (unpaired) electrons. The lowest BCUT2D eigenvalue weighted by Crippen LogP contribution is -2.37. The van der Waals surface area contributed by atoms with Crippen molar-refractivity contribution >= 4 is 11.9 Å². The van der Waals surface area contributed by atoms with Gasteiger partial charge in [0.1, 0.15) is 0 Å². The first-order valence-electron chi connectivity index (χ1n) is 9.17. The zero-order valence-electron chi connectivity index (χ0n) is 16.6. The molecule has 0 bridgehead atoms. The molecule has 2 N–H and O–H groups in total. The van der Waals surface area contributed by atoms with E-state index in [1.165, 1.54) is 24.8 Å². The number of rotatable bonds is 6. The molecule has 0 amide bonds. The van der Waals surface area contributed by atoms with Gasteiger partial charge >= 0.3 is 18.1 Å². The standard InChI is InChI=1S/C21H21F3N2O4/c1-4-13(9-25)10-26-11(2)16(19(27)28)18(17(12(26)3)20(29)30)14-7-5-6-8-15(14)21(22,23)24/h5-8,13,18H,4,10H2,1-3H3,(H,27,28)(H,29,30). The number of hydrogen-bond acceptors (Lipinski definition) is 4. The van der Waals surface area contributed by atoms with Gasteiger partial charge in [0.2, 0.25) is 0 Å². The fourth-order valence-corrected chi connectivity index (χ4v) is 3.73. The number of hydrogen-bond donors (Lipinski definition) is 2. The Bertz CT molecular complexity index is 935. The molecule has 1 atom stereocenters. The van der Waals surface area contributed by atoms with Gasteiger partial charge in [0.05, 0.1) is 34.6 Å². The first kappa shape index (κ1) is 23.0. The molecule has 0 aromatic heterocycles. The zero-order chi connectivity index (χ0) is 22.8. The minimum Gasteiger partial charge on any atom is -0.478 e. The summed E-state index contributed by atoms with van der Waals surface area (Å²) in [4.78, 5) is 25.6. The van der Waals surface area contributed by atoms with E-state index in [1.807, 2.05) is 0 Å². The van der Waals surface area contributed by atoms with E-state index in [-0.39, 0.29) is 17.9 Å². The zero-order valence-corrected chi connectivity index (χ0v) is 16.6. The van der Waals surface area contributed by atoms with Crippen LogP contribution in [0.4, 0.5) is 13.2 Å². The molecule has 1 unspecified atom stereocenters. The molecule has 0 spiro atoms. The number of nitrogens with zero attached hydrogens (tertiary/aromatic N) is 2. The molecule has 6 nitrogen and oxygen atoms in total. The number of carboxylic acid groups (broad SMARTS) is 2. The SMILES string of the molecule is CCC(C#N)CN1C(C)=C(C(=O)O)C(c2ccccc2C(F)(F)F)C(C(=O)O)=C1C. The third-order valence-electron chi connectivity index (χ3n) is 5.28. The number of carbonyl (C=O) groups is 2. The number of benzene rings is 1. The normalized spacial score (nSPS) is 16.5. The molecule has 9 heteroatoms. The summed E-state index contributed by atoms with van der Waals surface area (Å²) in [5.41, 5.74) is -2.22. The second-order valence-corrected chi connectivity index (χ2v) is 6.97. The molecule has 2 rings (SSSR count). The molecule has 0 fully saturated rings. The second kappa shape index (κ2) is 8.61. The Labute approximate surface area is 171 Å². The maximum atomic E-state index is 13.6. The first-order valence-corrected chi connectivity index (χ1v) is 9.17. The number of aliphatic carboxylic acids is 2. The van der Waals surface area contributed by atoms with Gasteiger partial charge in [0.25, 0.3) is 0 Å². The Morgan fingerprint density at radius 3 is 2.03 bits per heavy atom. The van der Waals surface area contributed by atoms with Gasteiger partial charge in [-0.1, -0.05) is 25.1 Å². The Balaban J connectivity index is 2.84. The van der Waals surface area contributed by atoms with E-state index in [0.717, 1.165) is 18.2 Å². The molecule has 160 valence electrons. The van der Waals surface area contributed by atoms with Crippen molar-refractivity contribution in [3.63, 3.8) is 0 Å². The maximum Gasteiger partial charge on any atom is 0.416 e. The van der Waals surface area contributed by atoms with Crippen LogP contribution in [0.25, 0.3) is 0 Å². The molecule has 0 saturated heterocycles. The van der Waals surface area contributed by atoms with Gasteiger partial charge < -0.3 is 15.1 Å². The molecule has 1 aromatic carbocycles. The van der Waals surface area contributed by atoms with Crippen LogP contribution in [0.2, 0.25) is 0 Å². The van der Waals surface area contributed by atoms with Crippen molar-refractivity contribution in [2.75, 3.05) is 6.54 Å². The average Bonchev–Trinajstić information content (AvgIpc) is 2.66. The number of carboxylic acids is 2. The molecule has 1 aliphatic heterocycles. The highest BCUT2D eigenvalue weighted by Crippen LogP contribution is 2.46. The summed E-state index contributed by atoms with van der Waals surface area (Å²) in [5, 5.41) is 28.9.